The molecule has 0 spiro atoms. The van der Waals surface area contributed by atoms with E-state index in [0.717, 1.165) is 0 Å². The van der Waals surface area contributed by atoms with Crippen LogP contribution in [0.5, 0.6) is 5.06 Å². The Morgan fingerprint density at radius 2 is 1.97 bits per heavy atom. The number of methoxy groups -OCH3 is 1. The van der Waals surface area contributed by atoms with Crippen LogP contribution in [-0.4, -0.2) is 38.9 Å². The third-order valence-electron chi connectivity index (χ3n) is 4.12. The number of carbonyl (C=O) groups is 2. The highest BCUT2D eigenvalue weighted by Gasteiger charge is 2.18. The first-order chi connectivity index (χ1) is 13.9. The van der Waals surface area contributed by atoms with E-state index >= 15 is 0 Å². The highest BCUT2D eigenvalue weighted by Crippen LogP contribution is 2.27. The predicted octanol–water partition coefficient (Wildman–Crippen LogP) is 2.24. The fraction of sp³-hybridized carbons (Fsp3) is 0.158. The number of aromatic nitrogens is 4. The maximum Gasteiger partial charge on any atom is 0.250 e. The number of amides is 2. The molecule has 29 heavy (non-hydrogen) atoms. The first-order valence-corrected chi connectivity index (χ1v) is 9.27. The molecular weight excluding hydrogens is 392 g/mol. The molecule has 0 fully saturated rings. The molecule has 3 aromatic rings. The zero-order chi connectivity index (χ0) is 21.0. The predicted molar refractivity (Wildman–Crippen MR) is 109 cm³/mol. The molecule has 9 nitrogen and oxygen atoms in total. The van der Waals surface area contributed by atoms with Gasteiger partial charge in [0.05, 0.1) is 48.6 Å². The minimum atomic E-state index is -0.659. The Morgan fingerprint density at radius 3 is 2.59 bits per heavy atom. The third kappa shape index (κ3) is 4.61. The van der Waals surface area contributed by atoms with Crippen molar-refractivity contribution < 1.29 is 14.3 Å². The van der Waals surface area contributed by atoms with Gasteiger partial charge in [0.2, 0.25) is 11.8 Å². The van der Waals surface area contributed by atoms with E-state index in [0.29, 0.717) is 32.7 Å². The largest absolute Gasteiger partial charge is 0.486 e. The molecule has 0 aliphatic carbocycles. The second-order valence-electron chi connectivity index (χ2n) is 6.04. The van der Waals surface area contributed by atoms with Crippen molar-refractivity contribution in [2.45, 2.75) is 12.8 Å². The lowest BCUT2D eigenvalue weighted by Gasteiger charge is -2.12. The number of primary amides is 1. The Morgan fingerprint density at radius 1 is 1.17 bits per heavy atom. The number of hydrogen-bond acceptors (Lipinski definition) is 8. The Bertz CT molecular complexity index is 1060. The second-order valence-corrected chi connectivity index (χ2v) is 7.03. The summed E-state index contributed by atoms with van der Waals surface area (Å²) in [6.45, 7) is 5.35. The lowest BCUT2D eigenvalue weighted by Crippen LogP contribution is -2.18. The molecule has 0 saturated heterocycles. The normalized spacial score (nSPS) is 11.5. The molecule has 0 aliphatic heterocycles. The number of anilines is 1. The van der Waals surface area contributed by atoms with Crippen LogP contribution < -0.4 is 15.8 Å². The van der Waals surface area contributed by atoms with Gasteiger partial charge in [-0.2, -0.15) is 0 Å². The van der Waals surface area contributed by atoms with Crippen molar-refractivity contribution in [1.29, 1.82) is 0 Å². The highest BCUT2D eigenvalue weighted by atomic mass is 32.1. The third-order valence-corrected chi connectivity index (χ3v) is 5.00. The van der Waals surface area contributed by atoms with Gasteiger partial charge in [0.1, 0.15) is 0 Å². The molecule has 3 rings (SSSR count). The molecule has 3 aromatic heterocycles. The van der Waals surface area contributed by atoms with Crippen molar-refractivity contribution >= 4 is 33.9 Å². The van der Waals surface area contributed by atoms with Gasteiger partial charge < -0.3 is 15.8 Å². The average Bonchev–Trinajstić information content (AvgIpc) is 3.20. The minimum absolute atomic E-state index is 0.0834. The number of nitrogens with one attached hydrogen (secondary N) is 1. The standard InChI is InChI=1S/C19H18N6O3S/c1-10(18(27)25-19-24-9-16(28-3)29-19)12-4-13(6-21-5-12)15-8-22-14(7-23-15)11(2)17(20)26/h4-10H,2H2,1,3H3,(H2,20,26)(H,24,25,27). The van der Waals surface area contributed by atoms with Crippen molar-refractivity contribution in [3.63, 3.8) is 0 Å². The van der Waals surface area contributed by atoms with Gasteiger partial charge >= 0.3 is 0 Å². The van der Waals surface area contributed by atoms with Crippen LogP contribution in [-0.2, 0) is 9.59 Å². The Hall–Kier alpha value is -3.66. The molecule has 0 bridgehead atoms. The Labute approximate surface area is 170 Å². The van der Waals surface area contributed by atoms with Gasteiger partial charge in [0, 0.05) is 18.0 Å². The van der Waals surface area contributed by atoms with Gasteiger partial charge in [-0.05, 0) is 18.6 Å². The molecule has 0 aliphatic rings. The van der Waals surface area contributed by atoms with Gasteiger partial charge in [0.25, 0.3) is 0 Å². The monoisotopic (exact) mass is 410 g/mol. The number of nitrogens with zero attached hydrogens (tertiary/aromatic N) is 4. The van der Waals surface area contributed by atoms with Crippen molar-refractivity contribution in [2.75, 3.05) is 12.4 Å². The first kappa shape index (κ1) is 20.1. The van der Waals surface area contributed by atoms with Crippen LogP contribution in [0.25, 0.3) is 16.8 Å². The van der Waals surface area contributed by atoms with E-state index in [1.807, 2.05) is 6.07 Å². The van der Waals surface area contributed by atoms with Crippen molar-refractivity contribution in [1.82, 2.24) is 19.9 Å². The van der Waals surface area contributed by atoms with Gasteiger partial charge in [-0.1, -0.05) is 17.9 Å². The zero-order valence-electron chi connectivity index (χ0n) is 15.7. The molecule has 10 heteroatoms. The summed E-state index contributed by atoms with van der Waals surface area (Å²) >= 11 is 1.24. The number of nitrogens with two attached hydrogens (primary N) is 1. The van der Waals surface area contributed by atoms with Crippen molar-refractivity contribution in [2.24, 2.45) is 5.73 Å². The number of carbonyl (C=O) groups excluding carboxylic acids is 2. The summed E-state index contributed by atoms with van der Waals surface area (Å²) in [5.41, 5.74) is 7.51. The van der Waals surface area contributed by atoms with Crippen LogP contribution in [0.2, 0.25) is 0 Å². The van der Waals surface area contributed by atoms with E-state index in [1.54, 1.807) is 25.5 Å². The zero-order valence-corrected chi connectivity index (χ0v) is 16.6. The van der Waals surface area contributed by atoms with E-state index in [1.165, 1.54) is 30.8 Å². The first-order valence-electron chi connectivity index (χ1n) is 8.46. The van der Waals surface area contributed by atoms with Crippen LogP contribution in [0.15, 0.2) is 43.6 Å². The summed E-state index contributed by atoms with van der Waals surface area (Å²) < 4.78 is 5.07. The Kier molecular flexibility index (Phi) is 5.93. The van der Waals surface area contributed by atoms with Gasteiger partial charge in [-0.15, -0.1) is 0 Å². The van der Waals surface area contributed by atoms with Crippen LogP contribution in [0.4, 0.5) is 5.13 Å². The average molecular weight is 410 g/mol. The SMILES string of the molecule is C=C(C(N)=O)c1cnc(-c2cncc(C(C)C(=O)Nc3ncc(OC)s3)c2)cn1. The topological polar surface area (TPSA) is 133 Å². The molecule has 148 valence electrons. The Balaban J connectivity index is 1.76. The van der Waals surface area contributed by atoms with Crippen LogP contribution in [0.1, 0.15) is 24.1 Å². The maximum absolute atomic E-state index is 12.5. The summed E-state index contributed by atoms with van der Waals surface area (Å²) in [6, 6.07) is 1.81. The summed E-state index contributed by atoms with van der Waals surface area (Å²) in [5, 5.41) is 3.83. The molecule has 0 radical (unpaired) electrons. The van der Waals surface area contributed by atoms with Crippen LogP contribution in [0, 0.1) is 0 Å². The summed E-state index contributed by atoms with van der Waals surface area (Å²) in [7, 11) is 1.54. The fourth-order valence-electron chi connectivity index (χ4n) is 2.37. The highest BCUT2D eigenvalue weighted by molar-refractivity contribution is 7.17. The number of ether oxygens (including phenoxy) is 1. The molecular formula is C19H18N6O3S. The van der Waals surface area contributed by atoms with Crippen LogP contribution >= 0.6 is 11.3 Å². The lowest BCUT2D eigenvalue weighted by atomic mass is 10.00. The molecule has 2 amide bonds. The van der Waals surface area contributed by atoms with Crippen LogP contribution in [0.3, 0.4) is 0 Å². The number of pyridine rings is 1. The summed E-state index contributed by atoms with van der Waals surface area (Å²) in [4.78, 5) is 40.5. The number of thiazole rings is 1. The molecule has 3 N–H and O–H groups in total. The number of rotatable bonds is 7. The molecule has 3 heterocycles. The molecule has 0 saturated carbocycles. The smallest absolute Gasteiger partial charge is 0.250 e. The van der Waals surface area contributed by atoms with Gasteiger partial charge in [-0.25, -0.2) is 4.98 Å². The van der Waals surface area contributed by atoms with E-state index < -0.39 is 11.8 Å². The quantitative estimate of drug-likeness (QED) is 0.571. The lowest BCUT2D eigenvalue weighted by molar-refractivity contribution is -0.117. The second kappa shape index (κ2) is 8.57. The molecule has 1 unspecified atom stereocenters. The van der Waals surface area contributed by atoms with Gasteiger partial charge in [0.15, 0.2) is 10.2 Å². The number of hydrogen-bond donors (Lipinski definition) is 2. The van der Waals surface area contributed by atoms with E-state index in [2.05, 4.69) is 31.8 Å². The van der Waals surface area contributed by atoms with Crippen molar-refractivity contribution in [3.8, 4) is 16.3 Å². The minimum Gasteiger partial charge on any atom is -0.486 e. The van der Waals surface area contributed by atoms with E-state index in [4.69, 9.17) is 10.5 Å². The summed E-state index contributed by atoms with van der Waals surface area (Å²) in [6.07, 6.45) is 7.69. The van der Waals surface area contributed by atoms with Gasteiger partial charge in [-0.3, -0.25) is 24.5 Å². The molecule has 0 aromatic carbocycles. The van der Waals surface area contributed by atoms with E-state index in [9.17, 15) is 9.59 Å². The maximum atomic E-state index is 12.5. The summed E-state index contributed by atoms with van der Waals surface area (Å²) in [5.74, 6) is -1.35. The van der Waals surface area contributed by atoms with Crippen molar-refractivity contribution in [3.05, 3.63) is 54.9 Å². The fourth-order valence-corrected chi connectivity index (χ4v) is 3.01. The molecule has 1 atom stereocenters. The van der Waals surface area contributed by atoms with E-state index in [-0.39, 0.29) is 11.5 Å².